The van der Waals surface area contributed by atoms with Crippen molar-refractivity contribution in [1.82, 2.24) is 0 Å². The number of rotatable bonds is 6. The lowest BCUT2D eigenvalue weighted by molar-refractivity contribution is -0.147. The average Bonchev–Trinajstić information content (AvgIpc) is 2.67. The average molecular weight is 346 g/mol. The molecule has 2 unspecified atom stereocenters. The van der Waals surface area contributed by atoms with Crippen molar-refractivity contribution < 1.29 is 9.53 Å². The molecular weight excluding hydrogens is 320 g/mol. The highest BCUT2D eigenvalue weighted by atomic mass is 16.5. The summed E-state index contributed by atoms with van der Waals surface area (Å²) in [7, 11) is 0. The predicted octanol–water partition coefficient (Wildman–Crippen LogP) is 6.20. The van der Waals surface area contributed by atoms with Crippen molar-refractivity contribution in [3.8, 4) is 0 Å². The molecular formula is C24H26O2. The Hall–Kier alpha value is -2.61. The van der Waals surface area contributed by atoms with Gasteiger partial charge in [-0.2, -0.15) is 0 Å². The van der Waals surface area contributed by atoms with Gasteiger partial charge in [0.05, 0.1) is 6.42 Å². The molecule has 0 saturated carbocycles. The minimum atomic E-state index is -0.270. The molecule has 0 aliphatic carbocycles. The van der Waals surface area contributed by atoms with Gasteiger partial charge < -0.3 is 4.74 Å². The number of hydrogen-bond acceptors (Lipinski definition) is 2. The van der Waals surface area contributed by atoms with Gasteiger partial charge in [0, 0.05) is 0 Å². The molecule has 0 fully saturated rings. The molecule has 3 aromatic carbocycles. The predicted molar refractivity (Wildman–Crippen MR) is 107 cm³/mol. The van der Waals surface area contributed by atoms with E-state index in [1.54, 1.807) is 0 Å². The smallest absolute Gasteiger partial charge is 0.310 e. The lowest BCUT2D eigenvalue weighted by Crippen LogP contribution is -2.11. The summed E-state index contributed by atoms with van der Waals surface area (Å²) in [5.74, 6) is 0.351. The molecule has 3 aromatic rings. The van der Waals surface area contributed by atoms with Gasteiger partial charge in [-0.1, -0.05) is 80.6 Å². The number of carbonyl (C=O) groups excluding carboxylic acids is 1. The first-order valence-electron chi connectivity index (χ1n) is 9.34. The Bertz CT molecular complexity index is 875. The van der Waals surface area contributed by atoms with Gasteiger partial charge in [-0.3, -0.25) is 4.79 Å². The summed E-state index contributed by atoms with van der Waals surface area (Å²) in [6.07, 6.45) is 1.15. The number of carbonyl (C=O) groups is 1. The summed E-state index contributed by atoms with van der Waals surface area (Å²) in [6.45, 7) is 6.34. The van der Waals surface area contributed by atoms with Crippen LogP contribution in [0.15, 0.2) is 66.7 Å². The fourth-order valence-corrected chi connectivity index (χ4v) is 3.27. The Kier molecular flexibility index (Phi) is 5.72. The highest BCUT2D eigenvalue weighted by Gasteiger charge is 2.15. The van der Waals surface area contributed by atoms with E-state index in [1.165, 1.54) is 5.56 Å². The van der Waals surface area contributed by atoms with E-state index in [1.807, 2.05) is 43.3 Å². The third-order valence-corrected chi connectivity index (χ3v) is 5.08. The van der Waals surface area contributed by atoms with Crippen molar-refractivity contribution in [2.75, 3.05) is 0 Å². The van der Waals surface area contributed by atoms with Crippen LogP contribution in [0.3, 0.4) is 0 Å². The van der Waals surface area contributed by atoms with E-state index in [0.717, 1.165) is 28.3 Å². The van der Waals surface area contributed by atoms with E-state index >= 15 is 0 Å². The van der Waals surface area contributed by atoms with E-state index in [-0.39, 0.29) is 12.1 Å². The largest absolute Gasteiger partial charge is 0.458 e. The lowest BCUT2D eigenvalue weighted by Gasteiger charge is -2.16. The van der Waals surface area contributed by atoms with Crippen molar-refractivity contribution in [2.24, 2.45) is 0 Å². The van der Waals surface area contributed by atoms with Crippen LogP contribution in [0.5, 0.6) is 0 Å². The van der Waals surface area contributed by atoms with Crippen LogP contribution in [-0.4, -0.2) is 5.97 Å². The molecule has 0 N–H and O–H groups in total. The summed E-state index contributed by atoms with van der Waals surface area (Å²) in [5.41, 5.74) is 3.35. The molecule has 0 aliphatic heterocycles. The van der Waals surface area contributed by atoms with Gasteiger partial charge in [0.2, 0.25) is 0 Å². The fourth-order valence-electron chi connectivity index (χ4n) is 3.27. The molecule has 0 aromatic heterocycles. The molecule has 2 nitrogen and oxygen atoms in total. The molecule has 3 rings (SSSR count). The molecule has 2 atom stereocenters. The SMILES string of the molecule is CCC(C)c1ccc(CC(=O)OC(C)c2cccc3ccccc23)cc1. The molecule has 0 heterocycles. The Balaban J connectivity index is 1.67. The second-order valence-electron chi connectivity index (χ2n) is 6.93. The van der Waals surface area contributed by atoms with E-state index in [2.05, 4.69) is 44.2 Å². The summed E-state index contributed by atoms with van der Waals surface area (Å²) in [6, 6.07) is 22.6. The summed E-state index contributed by atoms with van der Waals surface area (Å²) in [5, 5.41) is 2.29. The first kappa shape index (κ1) is 18.2. The first-order chi connectivity index (χ1) is 12.6. The molecule has 0 spiro atoms. The Morgan fingerprint density at radius 3 is 2.35 bits per heavy atom. The van der Waals surface area contributed by atoms with Crippen LogP contribution in [0.25, 0.3) is 10.8 Å². The third kappa shape index (κ3) is 4.13. The molecule has 0 radical (unpaired) electrons. The standard InChI is InChI=1S/C24H26O2/c1-4-17(2)20-14-12-19(13-15-20)16-24(25)26-18(3)22-11-7-9-21-8-5-6-10-23(21)22/h5-15,17-18H,4,16H2,1-3H3. The van der Waals surface area contributed by atoms with Crippen LogP contribution in [-0.2, 0) is 16.0 Å². The maximum absolute atomic E-state index is 12.4. The van der Waals surface area contributed by atoms with Gasteiger partial charge in [0.15, 0.2) is 0 Å². The van der Waals surface area contributed by atoms with Gasteiger partial charge in [-0.15, -0.1) is 0 Å². The molecule has 0 saturated heterocycles. The quantitative estimate of drug-likeness (QED) is 0.497. The van der Waals surface area contributed by atoms with E-state index in [4.69, 9.17) is 4.74 Å². The molecule has 2 heteroatoms. The van der Waals surface area contributed by atoms with Crippen LogP contribution in [0, 0.1) is 0 Å². The zero-order valence-electron chi connectivity index (χ0n) is 15.7. The monoisotopic (exact) mass is 346 g/mol. The van der Waals surface area contributed by atoms with Gasteiger partial charge >= 0.3 is 5.97 Å². The number of fused-ring (bicyclic) bond motifs is 1. The molecule has 0 aliphatic rings. The van der Waals surface area contributed by atoms with E-state index in [9.17, 15) is 4.79 Å². The Morgan fingerprint density at radius 2 is 1.62 bits per heavy atom. The summed E-state index contributed by atoms with van der Waals surface area (Å²) in [4.78, 5) is 12.4. The van der Waals surface area contributed by atoms with E-state index in [0.29, 0.717) is 12.3 Å². The topological polar surface area (TPSA) is 26.3 Å². The van der Waals surface area contributed by atoms with Gasteiger partial charge in [-0.05, 0) is 46.7 Å². The third-order valence-electron chi connectivity index (χ3n) is 5.08. The summed E-state index contributed by atoms with van der Waals surface area (Å²) >= 11 is 0. The summed E-state index contributed by atoms with van der Waals surface area (Å²) < 4.78 is 5.71. The fraction of sp³-hybridized carbons (Fsp3) is 0.292. The Morgan fingerprint density at radius 1 is 0.923 bits per heavy atom. The normalized spacial score (nSPS) is 13.3. The van der Waals surface area contributed by atoms with Crippen molar-refractivity contribution in [2.45, 2.75) is 45.6 Å². The second kappa shape index (κ2) is 8.18. The van der Waals surface area contributed by atoms with Crippen LogP contribution in [0.1, 0.15) is 55.9 Å². The van der Waals surface area contributed by atoms with Gasteiger partial charge in [0.1, 0.15) is 6.10 Å². The highest BCUT2D eigenvalue weighted by molar-refractivity contribution is 5.86. The molecule has 0 amide bonds. The first-order valence-corrected chi connectivity index (χ1v) is 9.34. The minimum absolute atomic E-state index is 0.193. The number of benzene rings is 3. The maximum atomic E-state index is 12.4. The number of esters is 1. The van der Waals surface area contributed by atoms with Crippen LogP contribution in [0.4, 0.5) is 0 Å². The van der Waals surface area contributed by atoms with Crippen molar-refractivity contribution in [1.29, 1.82) is 0 Å². The number of ether oxygens (including phenoxy) is 1. The molecule has 134 valence electrons. The zero-order valence-corrected chi connectivity index (χ0v) is 15.7. The maximum Gasteiger partial charge on any atom is 0.310 e. The minimum Gasteiger partial charge on any atom is -0.458 e. The second-order valence-corrected chi connectivity index (χ2v) is 6.93. The van der Waals surface area contributed by atoms with Crippen LogP contribution in [0.2, 0.25) is 0 Å². The number of hydrogen-bond donors (Lipinski definition) is 0. The zero-order chi connectivity index (χ0) is 18.5. The van der Waals surface area contributed by atoms with E-state index < -0.39 is 0 Å². The van der Waals surface area contributed by atoms with Crippen molar-refractivity contribution >= 4 is 16.7 Å². The molecule has 0 bridgehead atoms. The van der Waals surface area contributed by atoms with Gasteiger partial charge in [-0.25, -0.2) is 0 Å². The van der Waals surface area contributed by atoms with Crippen LogP contribution >= 0.6 is 0 Å². The lowest BCUT2D eigenvalue weighted by atomic mass is 9.97. The Labute approximate surface area is 155 Å². The molecule has 26 heavy (non-hydrogen) atoms. The van der Waals surface area contributed by atoms with Crippen LogP contribution < -0.4 is 0 Å². The van der Waals surface area contributed by atoms with Crippen molar-refractivity contribution in [3.63, 3.8) is 0 Å². The van der Waals surface area contributed by atoms with Crippen molar-refractivity contribution in [3.05, 3.63) is 83.4 Å². The van der Waals surface area contributed by atoms with Gasteiger partial charge in [0.25, 0.3) is 0 Å². The highest BCUT2D eigenvalue weighted by Crippen LogP contribution is 2.27.